The van der Waals surface area contributed by atoms with Gasteiger partial charge in [0, 0.05) is 11.9 Å². The topological polar surface area (TPSA) is 57.8 Å². The summed E-state index contributed by atoms with van der Waals surface area (Å²) in [5.74, 6) is -0.552. The third-order valence-electron chi connectivity index (χ3n) is 5.46. The van der Waals surface area contributed by atoms with E-state index in [1.54, 1.807) is 0 Å². The Morgan fingerprint density at radius 1 is 0.941 bits per heavy atom. The molecule has 7 heteroatoms. The SMILES string of the molecule is N#Cc1ccn(-c2cccc(C(F)(F)F)c2)c1C(=O)NC(Cc1ccccc1)c1ccccc1. The van der Waals surface area contributed by atoms with Gasteiger partial charge in [0.15, 0.2) is 0 Å². The van der Waals surface area contributed by atoms with Gasteiger partial charge in [0.1, 0.15) is 11.8 Å². The molecule has 0 aliphatic rings. The maximum Gasteiger partial charge on any atom is 0.416 e. The van der Waals surface area contributed by atoms with Gasteiger partial charge in [-0.05, 0) is 41.8 Å². The minimum Gasteiger partial charge on any atom is -0.344 e. The lowest BCUT2D eigenvalue weighted by Crippen LogP contribution is -2.32. The minimum absolute atomic E-state index is 0.0178. The first kappa shape index (κ1) is 22.9. The summed E-state index contributed by atoms with van der Waals surface area (Å²) < 4.78 is 41.0. The Labute approximate surface area is 194 Å². The highest BCUT2D eigenvalue weighted by atomic mass is 19.4. The molecule has 1 N–H and O–H groups in total. The molecule has 4 nitrogen and oxygen atoms in total. The zero-order valence-corrected chi connectivity index (χ0v) is 18.0. The Morgan fingerprint density at radius 3 is 2.26 bits per heavy atom. The van der Waals surface area contributed by atoms with Crippen molar-refractivity contribution in [1.82, 2.24) is 9.88 Å². The van der Waals surface area contributed by atoms with Gasteiger partial charge in [-0.3, -0.25) is 4.79 Å². The molecule has 34 heavy (non-hydrogen) atoms. The molecule has 1 atom stereocenters. The highest BCUT2D eigenvalue weighted by Gasteiger charge is 2.31. The number of carbonyl (C=O) groups is 1. The van der Waals surface area contributed by atoms with Crippen LogP contribution >= 0.6 is 0 Å². The minimum atomic E-state index is -4.53. The van der Waals surface area contributed by atoms with Crippen molar-refractivity contribution < 1.29 is 18.0 Å². The first-order valence-electron chi connectivity index (χ1n) is 10.6. The number of carbonyl (C=O) groups excluding carboxylic acids is 1. The second kappa shape index (κ2) is 9.67. The van der Waals surface area contributed by atoms with Gasteiger partial charge in [-0.2, -0.15) is 18.4 Å². The molecule has 1 heterocycles. The van der Waals surface area contributed by atoms with Crippen molar-refractivity contribution in [2.45, 2.75) is 18.6 Å². The van der Waals surface area contributed by atoms with Gasteiger partial charge < -0.3 is 9.88 Å². The number of aromatic nitrogens is 1. The molecule has 4 rings (SSSR count). The second-order valence-electron chi connectivity index (χ2n) is 7.73. The molecule has 1 amide bonds. The molecule has 0 aliphatic carbocycles. The van der Waals surface area contributed by atoms with Crippen LogP contribution in [0.4, 0.5) is 13.2 Å². The molecule has 0 saturated carbocycles. The number of rotatable bonds is 6. The molecule has 0 radical (unpaired) electrons. The fourth-order valence-corrected chi connectivity index (χ4v) is 3.82. The number of hydrogen-bond donors (Lipinski definition) is 1. The van der Waals surface area contributed by atoms with E-state index in [0.717, 1.165) is 23.3 Å². The lowest BCUT2D eigenvalue weighted by Gasteiger charge is -2.21. The predicted octanol–water partition coefficient (Wildman–Crippen LogP) is 6.08. The van der Waals surface area contributed by atoms with Crippen LogP contribution in [-0.2, 0) is 12.6 Å². The average Bonchev–Trinajstić information content (AvgIpc) is 3.29. The fourth-order valence-electron chi connectivity index (χ4n) is 3.82. The normalized spacial score (nSPS) is 12.1. The summed E-state index contributed by atoms with van der Waals surface area (Å²) in [6.07, 6.45) is -2.60. The number of hydrogen-bond acceptors (Lipinski definition) is 2. The van der Waals surface area contributed by atoms with Crippen LogP contribution in [-0.4, -0.2) is 10.5 Å². The van der Waals surface area contributed by atoms with Crippen LogP contribution in [0, 0.1) is 11.3 Å². The molecule has 0 saturated heterocycles. The highest BCUT2D eigenvalue weighted by Crippen LogP contribution is 2.31. The lowest BCUT2D eigenvalue weighted by atomic mass is 9.98. The van der Waals surface area contributed by atoms with E-state index in [-0.39, 0.29) is 16.9 Å². The quantitative estimate of drug-likeness (QED) is 0.380. The lowest BCUT2D eigenvalue weighted by molar-refractivity contribution is -0.137. The summed E-state index contributed by atoms with van der Waals surface area (Å²) in [5, 5.41) is 12.6. The van der Waals surface area contributed by atoms with Crippen LogP contribution in [0.2, 0.25) is 0 Å². The third kappa shape index (κ3) is 5.02. The largest absolute Gasteiger partial charge is 0.416 e. The summed E-state index contributed by atoms with van der Waals surface area (Å²) in [6, 6.07) is 26.7. The molecule has 4 aromatic rings. The van der Waals surface area contributed by atoms with Crippen molar-refractivity contribution in [2.24, 2.45) is 0 Å². The number of nitriles is 1. The van der Waals surface area contributed by atoms with Crippen LogP contribution in [0.15, 0.2) is 97.2 Å². The maximum absolute atomic E-state index is 13.4. The zero-order valence-electron chi connectivity index (χ0n) is 18.0. The van der Waals surface area contributed by atoms with E-state index in [1.165, 1.54) is 29.0 Å². The summed E-state index contributed by atoms with van der Waals surface area (Å²) in [7, 11) is 0. The first-order valence-corrected chi connectivity index (χ1v) is 10.6. The van der Waals surface area contributed by atoms with Gasteiger partial charge in [-0.25, -0.2) is 0 Å². The molecular formula is C27H20F3N3O. The van der Waals surface area contributed by atoms with Gasteiger partial charge in [-0.15, -0.1) is 0 Å². The van der Waals surface area contributed by atoms with Crippen molar-refractivity contribution in [3.63, 3.8) is 0 Å². The number of halogens is 3. The summed E-state index contributed by atoms with van der Waals surface area (Å²) in [4.78, 5) is 13.4. The fraction of sp³-hybridized carbons (Fsp3) is 0.111. The number of benzene rings is 3. The molecule has 0 fully saturated rings. The number of nitrogens with zero attached hydrogens (tertiary/aromatic N) is 2. The van der Waals surface area contributed by atoms with E-state index < -0.39 is 23.7 Å². The number of alkyl halides is 3. The monoisotopic (exact) mass is 459 g/mol. The Balaban J connectivity index is 1.71. The molecule has 0 aliphatic heterocycles. The smallest absolute Gasteiger partial charge is 0.344 e. The molecule has 3 aromatic carbocycles. The predicted molar refractivity (Wildman–Crippen MR) is 122 cm³/mol. The van der Waals surface area contributed by atoms with Crippen LogP contribution in [0.5, 0.6) is 0 Å². The van der Waals surface area contributed by atoms with E-state index in [0.29, 0.717) is 6.42 Å². The Bertz CT molecular complexity index is 1320. The Hall–Kier alpha value is -4.31. The van der Waals surface area contributed by atoms with E-state index in [9.17, 15) is 23.2 Å². The van der Waals surface area contributed by atoms with Crippen molar-refractivity contribution in [3.8, 4) is 11.8 Å². The van der Waals surface area contributed by atoms with Crippen molar-refractivity contribution in [2.75, 3.05) is 0 Å². The van der Waals surface area contributed by atoms with E-state index in [1.807, 2.05) is 66.7 Å². The summed E-state index contributed by atoms with van der Waals surface area (Å²) >= 11 is 0. The molecule has 1 unspecified atom stereocenters. The van der Waals surface area contributed by atoms with Crippen molar-refractivity contribution in [1.29, 1.82) is 5.26 Å². The van der Waals surface area contributed by atoms with E-state index in [4.69, 9.17) is 0 Å². The van der Waals surface area contributed by atoms with Gasteiger partial charge >= 0.3 is 6.18 Å². The van der Waals surface area contributed by atoms with Crippen LogP contribution in [0.3, 0.4) is 0 Å². The first-order chi connectivity index (χ1) is 16.4. The van der Waals surface area contributed by atoms with Crippen LogP contribution in [0.25, 0.3) is 5.69 Å². The standard InChI is InChI=1S/C27H20F3N3O/c28-27(29,30)22-12-7-13-23(17-22)33-15-14-21(18-31)25(33)26(34)32-24(20-10-5-2-6-11-20)16-19-8-3-1-4-9-19/h1-15,17,24H,16H2,(H,32,34). The number of nitrogens with one attached hydrogen (secondary N) is 1. The second-order valence-corrected chi connectivity index (χ2v) is 7.73. The van der Waals surface area contributed by atoms with Crippen LogP contribution in [0.1, 0.15) is 38.8 Å². The Morgan fingerprint density at radius 2 is 1.62 bits per heavy atom. The van der Waals surface area contributed by atoms with Gasteiger partial charge in [0.25, 0.3) is 5.91 Å². The summed E-state index contributed by atoms with van der Waals surface area (Å²) in [6.45, 7) is 0. The van der Waals surface area contributed by atoms with Gasteiger partial charge in [0.05, 0.1) is 17.2 Å². The molecule has 0 bridgehead atoms. The molecule has 0 spiro atoms. The van der Waals surface area contributed by atoms with E-state index in [2.05, 4.69) is 5.32 Å². The molecule has 1 aromatic heterocycles. The molecular weight excluding hydrogens is 439 g/mol. The van der Waals surface area contributed by atoms with E-state index >= 15 is 0 Å². The number of amides is 1. The average molecular weight is 459 g/mol. The zero-order chi connectivity index (χ0) is 24.1. The van der Waals surface area contributed by atoms with Crippen molar-refractivity contribution >= 4 is 5.91 Å². The maximum atomic E-state index is 13.4. The highest BCUT2D eigenvalue weighted by molar-refractivity contribution is 5.96. The third-order valence-corrected chi connectivity index (χ3v) is 5.46. The molecule has 170 valence electrons. The Kier molecular flexibility index (Phi) is 6.51. The summed E-state index contributed by atoms with van der Waals surface area (Å²) in [5.41, 5.74) is 1.23. The van der Waals surface area contributed by atoms with Crippen molar-refractivity contribution in [3.05, 3.63) is 125 Å². The van der Waals surface area contributed by atoms with Gasteiger partial charge in [-0.1, -0.05) is 66.7 Å². The van der Waals surface area contributed by atoms with Crippen LogP contribution < -0.4 is 5.32 Å². The van der Waals surface area contributed by atoms with Gasteiger partial charge in [0.2, 0.25) is 0 Å².